The summed E-state index contributed by atoms with van der Waals surface area (Å²) in [7, 11) is -9.66. The zero-order valence-electron chi connectivity index (χ0n) is 20.5. The molecule has 0 saturated carbocycles. The quantitative estimate of drug-likeness (QED) is 0.223. The Balaban J connectivity index is 0.000000550. The maximum absolute atomic E-state index is 8.60. The Morgan fingerprint density at radius 2 is 1.25 bits per heavy atom. The van der Waals surface area contributed by atoms with Crippen molar-refractivity contribution < 1.29 is 62.5 Å². The monoisotopic (exact) mass is 585 g/mol. The number of benzene rings is 2. The molecule has 0 fully saturated rings. The molecule has 1 aliphatic rings. The minimum Gasteiger partial charge on any atom is -0.479 e. The molecule has 36 heavy (non-hydrogen) atoms. The molecular formula is C22H29Cl2NO9S2. The third-order valence-corrected chi connectivity index (χ3v) is 8.95. The summed E-state index contributed by atoms with van der Waals surface area (Å²) in [6, 6.07) is 17.6. The molecule has 1 N–H and O–H groups in total. The smallest absolute Gasteiger partial charge is 0.180 e. The van der Waals surface area contributed by atoms with Crippen LogP contribution in [0.5, 0.6) is 0 Å². The average molecular weight is 587 g/mol. The van der Waals surface area contributed by atoms with Gasteiger partial charge in [-0.1, -0.05) is 36.0 Å². The Hall–Kier alpha value is -1.13. The molecule has 3 rings (SSSR count). The summed E-state index contributed by atoms with van der Waals surface area (Å²) in [4.78, 5) is 10.6. The van der Waals surface area contributed by atoms with Crippen molar-refractivity contribution in [1.82, 2.24) is 0 Å². The molecule has 1 heterocycles. The number of fused-ring (bicyclic) bond motifs is 2. The molecule has 10 nitrogen and oxygen atoms in total. The van der Waals surface area contributed by atoms with Gasteiger partial charge in [-0.15, -0.1) is 10.2 Å². The van der Waals surface area contributed by atoms with E-state index < -0.39 is 20.5 Å². The van der Waals surface area contributed by atoms with Crippen LogP contribution in [0.15, 0.2) is 73.1 Å². The fourth-order valence-electron chi connectivity index (χ4n) is 3.20. The number of nitrogens with zero attached hydrogens (tertiary/aromatic N) is 1. The molecule has 0 bridgehead atoms. The van der Waals surface area contributed by atoms with Gasteiger partial charge in [0.15, 0.2) is 20.9 Å². The molecule has 1 unspecified atom stereocenters. The van der Waals surface area contributed by atoms with Crippen LogP contribution >= 0.6 is 11.8 Å². The first-order chi connectivity index (χ1) is 16.3. The topological polar surface area (TPSA) is 203 Å². The van der Waals surface area contributed by atoms with Crippen molar-refractivity contribution in [2.45, 2.75) is 78.0 Å². The molecular weight excluding hydrogens is 557 g/mol. The number of ether oxygens (including phenoxy) is 1. The van der Waals surface area contributed by atoms with Gasteiger partial charge in [0.2, 0.25) is 0 Å². The molecule has 1 aliphatic heterocycles. The summed E-state index contributed by atoms with van der Waals surface area (Å²) in [6.07, 6.45) is 0.153. The van der Waals surface area contributed by atoms with Crippen molar-refractivity contribution in [3.63, 3.8) is 0 Å². The lowest BCUT2D eigenvalue weighted by atomic mass is 10.0. The van der Waals surface area contributed by atoms with Crippen molar-refractivity contribution >= 4 is 28.6 Å². The van der Waals surface area contributed by atoms with Crippen LogP contribution in [0.3, 0.4) is 0 Å². The highest BCUT2D eigenvalue weighted by Crippen LogP contribution is 2.48. The molecule has 0 spiro atoms. The van der Waals surface area contributed by atoms with Crippen molar-refractivity contribution in [2.24, 2.45) is 4.99 Å². The van der Waals surface area contributed by atoms with Gasteiger partial charge in [-0.2, -0.15) is 14.0 Å². The molecule has 202 valence electrons. The zero-order chi connectivity index (χ0) is 27.9. The fourth-order valence-corrected chi connectivity index (χ4v) is 7.51. The second-order valence-electron chi connectivity index (χ2n) is 8.20. The standard InChI is InChI=1S/C22H28NOS2.2ClHO4/c1-15(2)24-17(4)23-22(5,6)16(3)26-20-13-9-7-11-18(20)25-19-12-8-10-14-21(19)26;2*2-1(3,4)5/h7-16H,1-6H3;2*(H,2,3,4,5)/q+1;;/p-1. The largest absolute Gasteiger partial charge is 0.479 e. The van der Waals surface area contributed by atoms with Crippen molar-refractivity contribution in [3.05, 3.63) is 48.5 Å². The summed E-state index contributed by atoms with van der Waals surface area (Å²) in [6.45, 7) is 12.8. The predicted molar refractivity (Wildman–Crippen MR) is 116 cm³/mol. The van der Waals surface area contributed by atoms with Gasteiger partial charge in [-0.05, 0) is 58.9 Å². The summed E-state index contributed by atoms with van der Waals surface area (Å²) in [5.41, 5.74) is -0.218. The molecule has 2 aromatic rings. The van der Waals surface area contributed by atoms with E-state index in [0.29, 0.717) is 5.25 Å². The number of aliphatic imine (C=N–C) groups is 1. The number of halogens is 2. The van der Waals surface area contributed by atoms with Gasteiger partial charge in [0.05, 0.1) is 41.7 Å². The molecule has 1 atom stereocenters. The Morgan fingerprint density at radius 3 is 1.61 bits per heavy atom. The second kappa shape index (κ2) is 13.6. The second-order valence-corrected chi connectivity index (χ2v) is 13.1. The van der Waals surface area contributed by atoms with Crippen LogP contribution in [0.2, 0.25) is 0 Å². The Kier molecular flexibility index (Phi) is 12.4. The minimum absolute atomic E-state index is 0.0213. The highest BCUT2D eigenvalue weighted by Gasteiger charge is 2.47. The van der Waals surface area contributed by atoms with Gasteiger partial charge in [0, 0.05) is 6.92 Å². The fraction of sp³-hybridized carbons (Fsp3) is 0.409. The third kappa shape index (κ3) is 12.4. The highest BCUT2D eigenvalue weighted by molar-refractivity contribution is 8.04. The van der Waals surface area contributed by atoms with Crippen LogP contribution in [-0.4, -0.2) is 27.4 Å². The van der Waals surface area contributed by atoms with E-state index in [4.69, 9.17) is 47.0 Å². The third-order valence-electron chi connectivity index (χ3n) is 4.59. The Bertz CT molecular complexity index is 942. The van der Waals surface area contributed by atoms with Crippen molar-refractivity contribution in [1.29, 1.82) is 0 Å². The molecule has 14 heteroatoms. The lowest BCUT2D eigenvalue weighted by Crippen LogP contribution is -2.68. The summed E-state index contributed by atoms with van der Waals surface area (Å²) in [5, 5.41) is 0.358. The summed E-state index contributed by atoms with van der Waals surface area (Å²) >= 11 is 1.88. The van der Waals surface area contributed by atoms with Crippen molar-refractivity contribution in [2.75, 3.05) is 0 Å². The minimum atomic E-state index is -4.94. The first-order valence-electron chi connectivity index (χ1n) is 10.4. The number of hydrogen-bond donors (Lipinski definition) is 1. The van der Waals surface area contributed by atoms with E-state index in [9.17, 15) is 0 Å². The maximum atomic E-state index is 8.60. The van der Waals surface area contributed by atoms with Gasteiger partial charge in [0.1, 0.15) is 5.54 Å². The van der Waals surface area contributed by atoms with Crippen LogP contribution < -0.4 is 32.6 Å². The van der Waals surface area contributed by atoms with Gasteiger partial charge in [-0.25, -0.2) is 23.6 Å². The van der Waals surface area contributed by atoms with E-state index >= 15 is 0 Å². The predicted octanol–water partition coefficient (Wildman–Crippen LogP) is -2.68. The van der Waals surface area contributed by atoms with E-state index in [2.05, 4.69) is 69.3 Å². The molecule has 0 radical (unpaired) electrons. The van der Waals surface area contributed by atoms with E-state index in [0.717, 1.165) is 5.90 Å². The average Bonchev–Trinajstić information content (AvgIpc) is 2.68. The van der Waals surface area contributed by atoms with Gasteiger partial charge in [0.25, 0.3) is 0 Å². The van der Waals surface area contributed by atoms with Crippen LogP contribution in [0.4, 0.5) is 0 Å². The lowest BCUT2D eigenvalue weighted by Gasteiger charge is -2.31. The van der Waals surface area contributed by atoms with Gasteiger partial charge >= 0.3 is 0 Å². The van der Waals surface area contributed by atoms with Crippen molar-refractivity contribution in [3.8, 4) is 0 Å². The maximum Gasteiger partial charge on any atom is 0.180 e. The SMILES string of the molecule is CC(=NC(C)(C)C(C)[S+]1c2ccccc2Sc2ccccc21)OC(C)C.[O-][Cl+3]([O-])([O-])O.[O-][Cl+3]([O-])([O-])[O-]. The Labute approximate surface area is 222 Å². The first-order valence-corrected chi connectivity index (χ1v) is 15.0. The summed E-state index contributed by atoms with van der Waals surface area (Å²) in [5.74, 6) is 0.772. The molecule has 0 aliphatic carbocycles. The molecule has 0 saturated heterocycles. The molecule has 0 amide bonds. The van der Waals surface area contributed by atoms with Gasteiger partial charge < -0.3 is 4.74 Å². The Morgan fingerprint density at radius 1 is 0.889 bits per heavy atom. The van der Waals surface area contributed by atoms with Crippen LogP contribution in [0, 0.1) is 20.5 Å². The van der Waals surface area contributed by atoms with E-state index in [1.165, 1.54) is 19.6 Å². The van der Waals surface area contributed by atoms with Crippen LogP contribution in [0.1, 0.15) is 41.5 Å². The highest BCUT2D eigenvalue weighted by atomic mass is 35.7. The molecule has 0 aromatic heterocycles. The van der Waals surface area contributed by atoms with Crippen LogP contribution in [-0.2, 0) is 15.6 Å². The van der Waals surface area contributed by atoms with Gasteiger partial charge in [-0.3, -0.25) is 0 Å². The first kappa shape index (κ1) is 32.9. The molecule has 2 aromatic carbocycles. The number of rotatable bonds is 4. The zero-order valence-corrected chi connectivity index (χ0v) is 23.7. The summed E-state index contributed by atoms with van der Waals surface area (Å²) < 4.78 is 72.5. The van der Waals surface area contributed by atoms with E-state index in [-0.39, 0.29) is 22.5 Å². The van der Waals surface area contributed by atoms with E-state index in [1.54, 1.807) is 0 Å². The lowest BCUT2D eigenvalue weighted by molar-refractivity contribution is -2.00. The number of hydrogen-bond acceptors (Lipinski definition) is 11. The van der Waals surface area contributed by atoms with E-state index in [1.807, 2.05) is 32.5 Å². The normalized spacial score (nSPS) is 15.0. The van der Waals surface area contributed by atoms with Crippen LogP contribution in [0.25, 0.3) is 0 Å².